The average Bonchev–Trinajstić information content (AvgIpc) is 2.68. The van der Waals surface area contributed by atoms with E-state index in [1.807, 2.05) is 6.21 Å². The normalized spacial score (nSPS) is 13.8. The zero-order valence-electron chi connectivity index (χ0n) is 8.72. The Morgan fingerprint density at radius 3 is 2.81 bits per heavy atom. The van der Waals surface area contributed by atoms with Crippen LogP contribution in [0, 0.1) is 0 Å². The summed E-state index contributed by atoms with van der Waals surface area (Å²) in [5.41, 5.74) is 3.65. The van der Waals surface area contributed by atoms with Gasteiger partial charge in [-0.1, -0.05) is 30.3 Å². The summed E-state index contributed by atoms with van der Waals surface area (Å²) >= 11 is 0. The molecule has 4 rings (SSSR count). The van der Waals surface area contributed by atoms with Crippen LogP contribution in [-0.2, 0) is 6.54 Å². The quantitative estimate of drug-likeness (QED) is 0.535. The van der Waals surface area contributed by atoms with Gasteiger partial charge in [-0.15, -0.1) is 0 Å². The third-order valence-electron chi connectivity index (χ3n) is 3.26. The molecule has 0 fully saturated rings. The number of nitrogens with zero attached hydrogens (tertiary/aromatic N) is 2. The first-order valence-corrected chi connectivity index (χ1v) is 5.47. The Bertz CT molecular complexity index is 735. The molecule has 0 N–H and O–H groups in total. The lowest BCUT2D eigenvalue weighted by Gasteiger charge is -2.09. The van der Waals surface area contributed by atoms with Crippen molar-refractivity contribution >= 4 is 33.7 Å². The first-order chi connectivity index (χ1) is 7.95. The Hall–Kier alpha value is -2.09. The van der Waals surface area contributed by atoms with Gasteiger partial charge < -0.3 is 4.57 Å². The first kappa shape index (κ1) is 8.11. The number of benzene rings is 2. The molecule has 2 nitrogen and oxygen atoms in total. The average molecular weight is 206 g/mol. The van der Waals surface area contributed by atoms with Crippen molar-refractivity contribution in [1.29, 1.82) is 0 Å². The number of hydrogen-bond acceptors (Lipinski definition) is 1. The van der Waals surface area contributed by atoms with E-state index in [1.165, 1.54) is 21.8 Å². The molecule has 0 radical (unpaired) electrons. The SMILES string of the molecule is C1=Nc2cccc3c4ccccc4n(c23)C1. The van der Waals surface area contributed by atoms with Gasteiger partial charge >= 0.3 is 0 Å². The van der Waals surface area contributed by atoms with Gasteiger partial charge in [-0.05, 0) is 12.1 Å². The zero-order chi connectivity index (χ0) is 10.5. The number of aliphatic imine (C=N–C) groups is 1. The number of rotatable bonds is 0. The highest BCUT2D eigenvalue weighted by atomic mass is 15.0. The molecule has 3 aromatic rings. The second-order valence-corrected chi connectivity index (χ2v) is 4.11. The summed E-state index contributed by atoms with van der Waals surface area (Å²) in [6, 6.07) is 14.9. The van der Waals surface area contributed by atoms with E-state index in [4.69, 9.17) is 0 Å². The van der Waals surface area contributed by atoms with Crippen LogP contribution in [-0.4, -0.2) is 10.8 Å². The molecule has 0 atom stereocenters. The fraction of sp³-hybridized carbons (Fsp3) is 0.0714. The Balaban J connectivity index is 2.39. The summed E-state index contributed by atoms with van der Waals surface area (Å²) in [6.45, 7) is 0.876. The molecule has 0 bridgehead atoms. The summed E-state index contributed by atoms with van der Waals surface area (Å²) in [5.74, 6) is 0. The lowest BCUT2D eigenvalue weighted by molar-refractivity contribution is 0.938. The summed E-state index contributed by atoms with van der Waals surface area (Å²) in [5, 5.41) is 2.63. The minimum Gasteiger partial charge on any atom is -0.333 e. The summed E-state index contributed by atoms with van der Waals surface area (Å²) in [7, 11) is 0. The van der Waals surface area contributed by atoms with Crippen LogP contribution in [0.4, 0.5) is 5.69 Å². The lowest BCUT2D eigenvalue weighted by Crippen LogP contribution is -2.01. The monoisotopic (exact) mass is 206 g/mol. The van der Waals surface area contributed by atoms with Crippen molar-refractivity contribution in [3.63, 3.8) is 0 Å². The largest absolute Gasteiger partial charge is 0.333 e. The van der Waals surface area contributed by atoms with Gasteiger partial charge in [0.15, 0.2) is 0 Å². The highest BCUT2D eigenvalue weighted by Gasteiger charge is 2.14. The van der Waals surface area contributed by atoms with Crippen molar-refractivity contribution in [2.45, 2.75) is 6.54 Å². The number of fused-ring (bicyclic) bond motifs is 3. The van der Waals surface area contributed by atoms with Crippen LogP contribution in [0.2, 0.25) is 0 Å². The van der Waals surface area contributed by atoms with Gasteiger partial charge in [-0.2, -0.15) is 0 Å². The topological polar surface area (TPSA) is 17.3 Å². The number of hydrogen-bond donors (Lipinski definition) is 0. The van der Waals surface area contributed by atoms with Gasteiger partial charge in [0.05, 0.1) is 17.7 Å². The van der Waals surface area contributed by atoms with E-state index in [-0.39, 0.29) is 0 Å². The van der Waals surface area contributed by atoms with E-state index < -0.39 is 0 Å². The van der Waals surface area contributed by atoms with E-state index in [0.717, 1.165) is 12.2 Å². The van der Waals surface area contributed by atoms with E-state index in [0.29, 0.717) is 0 Å². The molecular formula is C14H10N2. The molecule has 2 heteroatoms. The fourth-order valence-corrected chi connectivity index (χ4v) is 2.60. The maximum atomic E-state index is 4.46. The summed E-state index contributed by atoms with van der Waals surface area (Å²) in [6.07, 6.45) is 1.98. The molecule has 1 aromatic heterocycles. The number of para-hydroxylation sites is 2. The molecule has 0 saturated heterocycles. The van der Waals surface area contributed by atoms with Crippen molar-refractivity contribution in [3.05, 3.63) is 42.5 Å². The fourth-order valence-electron chi connectivity index (χ4n) is 2.60. The Kier molecular flexibility index (Phi) is 1.38. The number of aromatic nitrogens is 1. The third-order valence-corrected chi connectivity index (χ3v) is 3.26. The second-order valence-electron chi connectivity index (χ2n) is 4.11. The summed E-state index contributed by atoms with van der Waals surface area (Å²) in [4.78, 5) is 4.46. The third kappa shape index (κ3) is 0.847. The van der Waals surface area contributed by atoms with E-state index in [9.17, 15) is 0 Å². The smallest absolute Gasteiger partial charge is 0.0869 e. The molecule has 1 aliphatic heterocycles. The van der Waals surface area contributed by atoms with E-state index in [2.05, 4.69) is 52.0 Å². The molecule has 2 aromatic carbocycles. The van der Waals surface area contributed by atoms with Crippen LogP contribution in [0.15, 0.2) is 47.5 Å². The molecule has 0 spiro atoms. The molecule has 0 aliphatic carbocycles. The Labute approximate surface area is 92.8 Å². The van der Waals surface area contributed by atoms with Crippen molar-refractivity contribution in [1.82, 2.24) is 4.57 Å². The van der Waals surface area contributed by atoms with Gasteiger partial charge in [0, 0.05) is 22.5 Å². The maximum absolute atomic E-state index is 4.46. The standard InChI is InChI=1S/C14H10N2/c1-2-7-13-10(4-1)11-5-3-6-12-14(11)16(13)9-8-15-12/h1-8H,9H2. The summed E-state index contributed by atoms with van der Waals surface area (Å²) < 4.78 is 2.34. The second kappa shape index (κ2) is 2.73. The predicted molar refractivity (Wildman–Crippen MR) is 67.6 cm³/mol. The first-order valence-electron chi connectivity index (χ1n) is 5.47. The lowest BCUT2D eigenvalue weighted by atomic mass is 10.1. The van der Waals surface area contributed by atoms with Crippen LogP contribution in [0.5, 0.6) is 0 Å². The molecule has 0 amide bonds. The van der Waals surface area contributed by atoms with Gasteiger partial charge in [-0.3, -0.25) is 4.99 Å². The van der Waals surface area contributed by atoms with Crippen molar-refractivity contribution in [2.24, 2.45) is 4.99 Å². The highest BCUT2D eigenvalue weighted by Crippen LogP contribution is 2.35. The molecule has 2 heterocycles. The van der Waals surface area contributed by atoms with Crippen LogP contribution < -0.4 is 0 Å². The van der Waals surface area contributed by atoms with Crippen LogP contribution in [0.25, 0.3) is 21.8 Å². The minimum absolute atomic E-state index is 0.876. The van der Waals surface area contributed by atoms with Crippen LogP contribution in [0.1, 0.15) is 0 Å². The van der Waals surface area contributed by atoms with Gasteiger partial charge in [0.1, 0.15) is 0 Å². The Morgan fingerprint density at radius 2 is 1.81 bits per heavy atom. The highest BCUT2D eigenvalue weighted by molar-refractivity contribution is 6.12. The molecule has 0 saturated carbocycles. The molecule has 16 heavy (non-hydrogen) atoms. The van der Waals surface area contributed by atoms with Crippen molar-refractivity contribution in [3.8, 4) is 0 Å². The van der Waals surface area contributed by atoms with Crippen LogP contribution >= 0.6 is 0 Å². The van der Waals surface area contributed by atoms with Crippen molar-refractivity contribution < 1.29 is 0 Å². The molecule has 76 valence electrons. The van der Waals surface area contributed by atoms with Crippen LogP contribution in [0.3, 0.4) is 0 Å². The van der Waals surface area contributed by atoms with Crippen molar-refractivity contribution in [2.75, 3.05) is 0 Å². The van der Waals surface area contributed by atoms with E-state index >= 15 is 0 Å². The Morgan fingerprint density at radius 1 is 0.938 bits per heavy atom. The molecular weight excluding hydrogens is 196 g/mol. The zero-order valence-corrected chi connectivity index (χ0v) is 8.72. The van der Waals surface area contributed by atoms with E-state index in [1.54, 1.807) is 0 Å². The predicted octanol–water partition coefficient (Wildman–Crippen LogP) is 3.51. The van der Waals surface area contributed by atoms with Gasteiger partial charge in [0.2, 0.25) is 0 Å². The maximum Gasteiger partial charge on any atom is 0.0869 e. The minimum atomic E-state index is 0.876. The van der Waals surface area contributed by atoms with Gasteiger partial charge in [0.25, 0.3) is 0 Å². The van der Waals surface area contributed by atoms with Gasteiger partial charge in [-0.25, -0.2) is 0 Å². The molecule has 1 aliphatic rings. The molecule has 0 unspecified atom stereocenters.